The molecule has 0 aromatic heterocycles. The SMILES string of the molecule is CCC[Si@H]1CC[C@H](CCc2cc(F)c(-c3ccc(F)cc3)c(F)c2)CC1. The van der Waals surface area contributed by atoms with Crippen molar-refractivity contribution < 1.29 is 13.2 Å². The second-order valence-electron chi connectivity index (χ2n) is 7.66. The first-order valence-electron chi connectivity index (χ1n) is 9.80. The number of rotatable bonds is 6. The van der Waals surface area contributed by atoms with Crippen LogP contribution < -0.4 is 0 Å². The number of hydrogen-bond donors (Lipinski definition) is 0. The van der Waals surface area contributed by atoms with Gasteiger partial charge in [0.15, 0.2) is 0 Å². The fraction of sp³-hybridized carbons (Fsp3) is 0.455. The highest BCUT2D eigenvalue weighted by atomic mass is 28.3. The van der Waals surface area contributed by atoms with Crippen molar-refractivity contribution in [2.45, 2.75) is 57.2 Å². The summed E-state index contributed by atoms with van der Waals surface area (Å²) in [4.78, 5) is 0. The van der Waals surface area contributed by atoms with Crippen molar-refractivity contribution in [3.8, 4) is 11.1 Å². The van der Waals surface area contributed by atoms with Crippen molar-refractivity contribution in [3.63, 3.8) is 0 Å². The molecule has 4 heteroatoms. The molecule has 0 saturated carbocycles. The van der Waals surface area contributed by atoms with Gasteiger partial charge in [0.1, 0.15) is 17.5 Å². The summed E-state index contributed by atoms with van der Waals surface area (Å²) in [5.74, 6) is -0.835. The number of aryl methyl sites for hydroxylation is 1. The van der Waals surface area contributed by atoms with Crippen molar-refractivity contribution in [2.24, 2.45) is 5.92 Å². The van der Waals surface area contributed by atoms with E-state index in [1.165, 1.54) is 73.8 Å². The third-order valence-corrected chi connectivity index (χ3v) is 9.43. The largest absolute Gasteiger partial charge is 0.207 e. The average molecular weight is 377 g/mol. The minimum atomic E-state index is -0.564. The van der Waals surface area contributed by atoms with Crippen LogP contribution in [0.5, 0.6) is 0 Å². The Morgan fingerprint density at radius 1 is 0.962 bits per heavy atom. The van der Waals surface area contributed by atoms with Gasteiger partial charge in [-0.15, -0.1) is 0 Å². The lowest BCUT2D eigenvalue weighted by molar-refractivity contribution is 0.436. The highest BCUT2D eigenvalue weighted by molar-refractivity contribution is 6.58. The van der Waals surface area contributed by atoms with Crippen molar-refractivity contribution in [1.29, 1.82) is 0 Å². The normalized spacial score (nSPS) is 20.3. The van der Waals surface area contributed by atoms with Crippen LogP contribution in [0.2, 0.25) is 18.1 Å². The summed E-state index contributed by atoms with van der Waals surface area (Å²) in [7, 11) is -0.472. The molecule has 1 aliphatic heterocycles. The maximum absolute atomic E-state index is 14.5. The Hall–Kier alpha value is -1.55. The second kappa shape index (κ2) is 8.89. The average Bonchev–Trinajstić information content (AvgIpc) is 2.62. The van der Waals surface area contributed by atoms with E-state index >= 15 is 0 Å². The molecule has 0 aliphatic carbocycles. The minimum Gasteiger partial charge on any atom is -0.207 e. The fourth-order valence-electron chi connectivity index (χ4n) is 4.25. The molecule has 2 aromatic carbocycles. The Morgan fingerprint density at radius 3 is 2.15 bits per heavy atom. The van der Waals surface area contributed by atoms with Gasteiger partial charge in [-0.2, -0.15) is 0 Å². The molecule has 0 unspecified atom stereocenters. The molecule has 0 N–H and O–H groups in total. The van der Waals surface area contributed by atoms with Gasteiger partial charge in [-0.25, -0.2) is 13.2 Å². The molecular weight excluding hydrogens is 349 g/mol. The summed E-state index contributed by atoms with van der Waals surface area (Å²) in [5, 5.41) is 0. The van der Waals surface area contributed by atoms with Crippen LogP contribution in [0.1, 0.15) is 38.2 Å². The van der Waals surface area contributed by atoms with Gasteiger partial charge in [0.2, 0.25) is 0 Å². The lowest BCUT2D eigenvalue weighted by Crippen LogP contribution is -2.21. The molecule has 0 spiro atoms. The van der Waals surface area contributed by atoms with Gasteiger partial charge < -0.3 is 0 Å². The van der Waals surface area contributed by atoms with Gasteiger partial charge in [0.25, 0.3) is 0 Å². The van der Waals surface area contributed by atoms with Gasteiger partial charge in [-0.05, 0) is 54.2 Å². The summed E-state index contributed by atoms with van der Waals surface area (Å²) in [6.45, 7) is 2.28. The first-order chi connectivity index (χ1) is 12.6. The Balaban J connectivity index is 1.62. The van der Waals surface area contributed by atoms with E-state index in [4.69, 9.17) is 0 Å². The highest BCUT2D eigenvalue weighted by Gasteiger charge is 2.21. The van der Waals surface area contributed by atoms with E-state index < -0.39 is 26.2 Å². The van der Waals surface area contributed by atoms with Gasteiger partial charge in [-0.3, -0.25) is 0 Å². The summed E-state index contributed by atoms with van der Waals surface area (Å²) in [5.41, 5.74) is 1.02. The van der Waals surface area contributed by atoms with Gasteiger partial charge in [0.05, 0.1) is 5.56 Å². The van der Waals surface area contributed by atoms with Crippen molar-refractivity contribution in [2.75, 3.05) is 0 Å². The lowest BCUT2D eigenvalue weighted by Gasteiger charge is -2.27. The summed E-state index contributed by atoms with van der Waals surface area (Å²) in [6.07, 6.45) is 5.66. The minimum absolute atomic E-state index is 0.0696. The first kappa shape index (κ1) is 19.2. The quantitative estimate of drug-likeness (QED) is 0.489. The maximum Gasteiger partial charge on any atom is 0.134 e. The zero-order valence-corrected chi connectivity index (χ0v) is 16.6. The van der Waals surface area contributed by atoms with Crippen LogP contribution in [0.3, 0.4) is 0 Å². The molecule has 0 atom stereocenters. The van der Waals surface area contributed by atoms with E-state index in [1.807, 2.05) is 0 Å². The highest BCUT2D eigenvalue weighted by Crippen LogP contribution is 2.32. The lowest BCUT2D eigenvalue weighted by atomic mass is 9.93. The topological polar surface area (TPSA) is 0 Å². The molecule has 0 radical (unpaired) electrons. The van der Waals surface area contributed by atoms with Crippen LogP contribution in [0.15, 0.2) is 36.4 Å². The standard InChI is InChI=1S/C22H27F3Si/c1-2-11-26-12-9-16(10-13-26)3-4-17-14-20(24)22(21(25)15-17)18-5-7-19(23)8-6-18/h5-8,14-16,26H,2-4,9-13H2,1H3/t16-,26-. The smallest absolute Gasteiger partial charge is 0.134 e. The van der Waals surface area contributed by atoms with Crippen LogP contribution in [-0.4, -0.2) is 8.80 Å². The number of hydrogen-bond acceptors (Lipinski definition) is 0. The van der Waals surface area contributed by atoms with Crippen LogP contribution >= 0.6 is 0 Å². The zero-order chi connectivity index (χ0) is 18.5. The predicted molar refractivity (Wildman–Crippen MR) is 105 cm³/mol. The molecule has 0 bridgehead atoms. The second-order valence-corrected chi connectivity index (χ2v) is 11.1. The fourth-order valence-corrected chi connectivity index (χ4v) is 7.82. The molecule has 1 saturated heterocycles. The predicted octanol–water partition coefficient (Wildman–Crippen LogP) is 6.75. The van der Waals surface area contributed by atoms with Gasteiger partial charge in [0, 0.05) is 8.80 Å². The van der Waals surface area contributed by atoms with Crippen molar-refractivity contribution in [3.05, 3.63) is 59.4 Å². The molecule has 2 aromatic rings. The summed E-state index contributed by atoms with van der Waals surface area (Å²) in [6, 6.07) is 12.5. The molecule has 26 heavy (non-hydrogen) atoms. The van der Waals surface area contributed by atoms with Gasteiger partial charge >= 0.3 is 0 Å². The molecule has 140 valence electrons. The first-order valence-corrected chi connectivity index (χ1v) is 12.3. The Labute approximate surface area is 156 Å². The van der Waals surface area contributed by atoms with Crippen LogP contribution in [0.4, 0.5) is 13.2 Å². The van der Waals surface area contributed by atoms with E-state index in [-0.39, 0.29) is 5.56 Å². The van der Waals surface area contributed by atoms with Crippen molar-refractivity contribution >= 4 is 8.80 Å². The van der Waals surface area contributed by atoms with Crippen LogP contribution in [0.25, 0.3) is 11.1 Å². The summed E-state index contributed by atoms with van der Waals surface area (Å²) >= 11 is 0. The van der Waals surface area contributed by atoms with E-state index in [0.29, 0.717) is 11.5 Å². The summed E-state index contributed by atoms with van der Waals surface area (Å²) < 4.78 is 42.0. The van der Waals surface area contributed by atoms with Gasteiger partial charge in [-0.1, -0.05) is 56.5 Å². The van der Waals surface area contributed by atoms with E-state index in [9.17, 15) is 13.2 Å². The molecular formula is C22H27F3Si. The molecule has 1 fully saturated rings. The van der Waals surface area contributed by atoms with E-state index in [1.54, 1.807) is 0 Å². The Bertz CT molecular complexity index is 696. The van der Waals surface area contributed by atoms with Crippen molar-refractivity contribution in [1.82, 2.24) is 0 Å². The molecule has 3 rings (SSSR count). The zero-order valence-electron chi connectivity index (χ0n) is 15.4. The molecule has 0 amide bonds. The number of halogens is 3. The van der Waals surface area contributed by atoms with E-state index in [0.717, 1.165) is 18.4 Å². The number of benzene rings is 2. The third kappa shape index (κ3) is 4.79. The molecule has 1 aliphatic rings. The molecule has 1 heterocycles. The Morgan fingerprint density at radius 2 is 1.58 bits per heavy atom. The van der Waals surface area contributed by atoms with E-state index in [2.05, 4.69) is 6.92 Å². The monoisotopic (exact) mass is 376 g/mol. The maximum atomic E-state index is 14.5. The van der Waals surface area contributed by atoms with Crippen LogP contribution in [-0.2, 0) is 6.42 Å². The molecule has 0 nitrogen and oxygen atoms in total. The Kier molecular flexibility index (Phi) is 6.57. The van der Waals surface area contributed by atoms with Crippen LogP contribution in [0, 0.1) is 23.4 Å². The third-order valence-electron chi connectivity index (χ3n) is 5.74.